The molecule has 1 aromatic heterocycles. The lowest BCUT2D eigenvalue weighted by atomic mass is 10.2. The van der Waals surface area contributed by atoms with Gasteiger partial charge in [-0.2, -0.15) is 9.97 Å². The number of likely N-dealkylation sites (N-methyl/N-ethyl adjacent to an activating group) is 1. The lowest BCUT2D eigenvalue weighted by molar-refractivity contribution is -0.0256. The van der Waals surface area contributed by atoms with Crippen molar-refractivity contribution in [3.05, 3.63) is 11.6 Å². The summed E-state index contributed by atoms with van der Waals surface area (Å²) >= 11 is 0. The highest BCUT2D eigenvalue weighted by atomic mass is 16.5. The van der Waals surface area contributed by atoms with E-state index in [2.05, 4.69) is 26.9 Å². The SMILES string of the molecule is CC(C)c1nc(N)nc(C2CN(C)CCO2)n1. The Morgan fingerprint density at radius 1 is 1.35 bits per heavy atom. The summed E-state index contributed by atoms with van der Waals surface area (Å²) in [6.45, 7) is 6.50. The maximum atomic E-state index is 5.71. The van der Waals surface area contributed by atoms with Crippen LogP contribution in [0.5, 0.6) is 0 Å². The van der Waals surface area contributed by atoms with E-state index in [1.54, 1.807) is 0 Å². The van der Waals surface area contributed by atoms with Crippen LogP contribution in [0.4, 0.5) is 5.95 Å². The van der Waals surface area contributed by atoms with Crippen molar-refractivity contribution < 1.29 is 4.74 Å². The maximum absolute atomic E-state index is 5.71. The van der Waals surface area contributed by atoms with Crippen LogP contribution in [-0.2, 0) is 4.74 Å². The maximum Gasteiger partial charge on any atom is 0.223 e. The van der Waals surface area contributed by atoms with Crippen molar-refractivity contribution in [1.29, 1.82) is 0 Å². The number of morpholine rings is 1. The van der Waals surface area contributed by atoms with Gasteiger partial charge < -0.3 is 15.4 Å². The van der Waals surface area contributed by atoms with Gasteiger partial charge in [0, 0.05) is 19.0 Å². The standard InChI is InChI=1S/C11H19N5O/c1-7(2)9-13-10(15-11(12)14-9)8-6-16(3)4-5-17-8/h7-8H,4-6H2,1-3H3,(H2,12,13,14,15). The van der Waals surface area contributed by atoms with Crippen molar-refractivity contribution >= 4 is 5.95 Å². The Hall–Kier alpha value is -1.27. The number of nitrogens with two attached hydrogens (primary N) is 1. The van der Waals surface area contributed by atoms with Crippen molar-refractivity contribution in [2.75, 3.05) is 32.5 Å². The van der Waals surface area contributed by atoms with Crippen LogP contribution in [0, 0.1) is 0 Å². The number of hydrogen-bond acceptors (Lipinski definition) is 6. The van der Waals surface area contributed by atoms with Gasteiger partial charge in [0.2, 0.25) is 5.95 Å². The topological polar surface area (TPSA) is 77.2 Å². The van der Waals surface area contributed by atoms with E-state index >= 15 is 0 Å². The molecular formula is C11H19N5O. The van der Waals surface area contributed by atoms with E-state index in [0.29, 0.717) is 12.4 Å². The molecular weight excluding hydrogens is 218 g/mol. The smallest absolute Gasteiger partial charge is 0.223 e. The number of aromatic nitrogens is 3. The molecule has 1 aliphatic heterocycles. The highest BCUT2D eigenvalue weighted by molar-refractivity contribution is 5.18. The van der Waals surface area contributed by atoms with Gasteiger partial charge in [0.25, 0.3) is 0 Å². The minimum Gasteiger partial charge on any atom is -0.368 e. The lowest BCUT2D eigenvalue weighted by Gasteiger charge is -2.29. The molecule has 1 unspecified atom stereocenters. The molecule has 6 heteroatoms. The van der Waals surface area contributed by atoms with E-state index in [4.69, 9.17) is 10.5 Å². The molecule has 6 nitrogen and oxygen atoms in total. The average molecular weight is 237 g/mol. The molecule has 17 heavy (non-hydrogen) atoms. The fourth-order valence-corrected chi connectivity index (χ4v) is 1.76. The normalized spacial score (nSPS) is 22.0. The number of nitrogens with zero attached hydrogens (tertiary/aromatic N) is 4. The van der Waals surface area contributed by atoms with Gasteiger partial charge in [0.15, 0.2) is 5.82 Å². The third-order valence-electron chi connectivity index (χ3n) is 2.76. The minimum absolute atomic E-state index is 0.100. The highest BCUT2D eigenvalue weighted by Gasteiger charge is 2.23. The van der Waals surface area contributed by atoms with Crippen molar-refractivity contribution in [3.8, 4) is 0 Å². The molecule has 2 N–H and O–H groups in total. The van der Waals surface area contributed by atoms with Crippen molar-refractivity contribution in [2.24, 2.45) is 0 Å². The summed E-state index contributed by atoms with van der Waals surface area (Å²) in [7, 11) is 2.06. The van der Waals surface area contributed by atoms with Gasteiger partial charge in [0.1, 0.15) is 11.9 Å². The Kier molecular flexibility index (Phi) is 3.54. The third-order valence-corrected chi connectivity index (χ3v) is 2.76. The van der Waals surface area contributed by atoms with Gasteiger partial charge in [-0.25, -0.2) is 4.98 Å². The Bertz CT molecular complexity index is 395. The highest BCUT2D eigenvalue weighted by Crippen LogP contribution is 2.20. The van der Waals surface area contributed by atoms with Gasteiger partial charge in [-0.3, -0.25) is 0 Å². The lowest BCUT2D eigenvalue weighted by Crippen LogP contribution is -2.36. The molecule has 1 atom stereocenters. The fraction of sp³-hybridized carbons (Fsp3) is 0.727. The van der Waals surface area contributed by atoms with E-state index in [1.807, 2.05) is 13.8 Å². The Morgan fingerprint density at radius 3 is 2.76 bits per heavy atom. The van der Waals surface area contributed by atoms with Crippen molar-refractivity contribution in [3.63, 3.8) is 0 Å². The number of anilines is 1. The van der Waals surface area contributed by atoms with Gasteiger partial charge in [0.05, 0.1) is 6.61 Å². The first-order chi connectivity index (χ1) is 8.06. The molecule has 0 bridgehead atoms. The second kappa shape index (κ2) is 4.93. The predicted octanol–water partition coefficient (Wildman–Crippen LogP) is 0.580. The molecule has 1 aliphatic rings. The van der Waals surface area contributed by atoms with Crippen molar-refractivity contribution in [2.45, 2.75) is 25.9 Å². The van der Waals surface area contributed by atoms with E-state index in [-0.39, 0.29) is 18.0 Å². The minimum atomic E-state index is -0.100. The van der Waals surface area contributed by atoms with Gasteiger partial charge in [-0.1, -0.05) is 13.8 Å². The molecule has 2 heterocycles. The number of hydrogen-bond donors (Lipinski definition) is 1. The van der Waals surface area contributed by atoms with Crippen LogP contribution < -0.4 is 5.73 Å². The number of nitrogen functional groups attached to an aromatic ring is 1. The summed E-state index contributed by atoms with van der Waals surface area (Å²) in [5.74, 6) is 1.88. The van der Waals surface area contributed by atoms with Crippen LogP contribution in [0.2, 0.25) is 0 Å². The van der Waals surface area contributed by atoms with E-state index in [9.17, 15) is 0 Å². The molecule has 94 valence electrons. The van der Waals surface area contributed by atoms with Crippen LogP contribution >= 0.6 is 0 Å². The number of rotatable bonds is 2. The molecule has 0 aliphatic carbocycles. The quantitative estimate of drug-likeness (QED) is 0.810. The molecule has 0 aromatic carbocycles. The zero-order chi connectivity index (χ0) is 12.4. The molecule has 1 saturated heterocycles. The molecule has 0 spiro atoms. The molecule has 0 radical (unpaired) electrons. The first-order valence-corrected chi connectivity index (χ1v) is 5.87. The Balaban J connectivity index is 2.25. The van der Waals surface area contributed by atoms with Crippen LogP contribution in [0.3, 0.4) is 0 Å². The summed E-state index contributed by atoms with van der Waals surface area (Å²) in [6, 6.07) is 0. The first kappa shape index (κ1) is 12.2. The third kappa shape index (κ3) is 2.89. The van der Waals surface area contributed by atoms with Crippen LogP contribution in [0.15, 0.2) is 0 Å². The van der Waals surface area contributed by atoms with E-state index < -0.39 is 0 Å². The summed E-state index contributed by atoms with van der Waals surface area (Å²) in [5, 5.41) is 0. The second-order valence-electron chi connectivity index (χ2n) is 4.69. The zero-order valence-electron chi connectivity index (χ0n) is 10.6. The Morgan fingerprint density at radius 2 is 2.12 bits per heavy atom. The molecule has 2 rings (SSSR count). The van der Waals surface area contributed by atoms with Crippen molar-refractivity contribution in [1.82, 2.24) is 19.9 Å². The summed E-state index contributed by atoms with van der Waals surface area (Å²) in [4.78, 5) is 14.9. The average Bonchev–Trinajstić information content (AvgIpc) is 2.28. The van der Waals surface area contributed by atoms with E-state index in [1.165, 1.54) is 0 Å². The summed E-state index contributed by atoms with van der Waals surface area (Å²) < 4.78 is 5.67. The van der Waals surface area contributed by atoms with Gasteiger partial charge in [-0.15, -0.1) is 0 Å². The summed E-state index contributed by atoms with van der Waals surface area (Å²) in [5.41, 5.74) is 5.71. The summed E-state index contributed by atoms with van der Waals surface area (Å²) in [6.07, 6.45) is -0.100. The molecule has 0 amide bonds. The van der Waals surface area contributed by atoms with Gasteiger partial charge in [-0.05, 0) is 7.05 Å². The molecule has 1 fully saturated rings. The van der Waals surface area contributed by atoms with Crippen LogP contribution in [0.1, 0.15) is 37.5 Å². The van der Waals surface area contributed by atoms with Crippen LogP contribution in [0.25, 0.3) is 0 Å². The number of ether oxygens (including phenoxy) is 1. The monoisotopic (exact) mass is 237 g/mol. The largest absolute Gasteiger partial charge is 0.368 e. The van der Waals surface area contributed by atoms with Crippen LogP contribution in [-0.4, -0.2) is 46.6 Å². The fourth-order valence-electron chi connectivity index (χ4n) is 1.76. The van der Waals surface area contributed by atoms with E-state index in [0.717, 1.165) is 18.9 Å². The Labute approximate surface area is 101 Å². The molecule has 1 aromatic rings. The predicted molar refractivity (Wildman–Crippen MR) is 64.5 cm³/mol. The zero-order valence-corrected chi connectivity index (χ0v) is 10.6. The molecule has 0 saturated carbocycles. The van der Waals surface area contributed by atoms with Gasteiger partial charge >= 0.3 is 0 Å². The second-order valence-corrected chi connectivity index (χ2v) is 4.69. The first-order valence-electron chi connectivity index (χ1n) is 5.87.